The van der Waals surface area contributed by atoms with Crippen LogP contribution >= 0.6 is 11.6 Å². The Labute approximate surface area is 182 Å². The Bertz CT molecular complexity index is 1310. The second-order valence-corrected chi connectivity index (χ2v) is 7.41. The number of methoxy groups -OCH3 is 1. The fourth-order valence-corrected chi connectivity index (χ4v) is 3.26. The van der Waals surface area contributed by atoms with Crippen LogP contribution in [0.25, 0.3) is 11.2 Å². The van der Waals surface area contributed by atoms with Gasteiger partial charge in [0.15, 0.2) is 11.2 Å². The Morgan fingerprint density at radius 3 is 2.71 bits per heavy atom. The van der Waals surface area contributed by atoms with Gasteiger partial charge in [-0.05, 0) is 42.3 Å². The fourth-order valence-electron chi connectivity index (χ4n) is 3.13. The maximum absolute atomic E-state index is 12.8. The van der Waals surface area contributed by atoms with Crippen molar-refractivity contribution in [2.75, 3.05) is 12.4 Å². The van der Waals surface area contributed by atoms with E-state index < -0.39 is 5.56 Å². The van der Waals surface area contributed by atoms with E-state index in [9.17, 15) is 9.59 Å². The lowest BCUT2D eigenvalue weighted by molar-refractivity contribution is -0.116. The third kappa shape index (κ3) is 4.41. The van der Waals surface area contributed by atoms with Crippen molar-refractivity contribution < 1.29 is 9.53 Å². The van der Waals surface area contributed by atoms with Gasteiger partial charge in [0.1, 0.15) is 18.6 Å². The van der Waals surface area contributed by atoms with E-state index in [4.69, 9.17) is 16.3 Å². The molecule has 0 unspecified atom stereocenters. The van der Waals surface area contributed by atoms with E-state index >= 15 is 0 Å². The smallest absolute Gasteiger partial charge is 0.283 e. The van der Waals surface area contributed by atoms with Crippen LogP contribution in [-0.2, 0) is 17.9 Å². The maximum atomic E-state index is 12.8. The van der Waals surface area contributed by atoms with Crippen molar-refractivity contribution in [3.05, 3.63) is 75.3 Å². The standard InChI is InChI=1S/C21H19ClN6O3/c1-13-3-8-17(31-2)16(9-13)24-18(29)11-27-12-23-20-19(21(27)30)25-26-28(20)10-14-4-6-15(22)7-5-14/h3-9,12H,10-11H2,1-2H3,(H,24,29). The molecule has 1 amide bonds. The van der Waals surface area contributed by atoms with Gasteiger partial charge in [0.05, 0.1) is 19.3 Å². The van der Waals surface area contributed by atoms with Crippen LogP contribution in [0, 0.1) is 6.92 Å². The molecule has 4 aromatic rings. The van der Waals surface area contributed by atoms with Crippen LogP contribution in [0.4, 0.5) is 5.69 Å². The zero-order valence-corrected chi connectivity index (χ0v) is 17.6. The molecular weight excluding hydrogens is 420 g/mol. The lowest BCUT2D eigenvalue weighted by Crippen LogP contribution is -2.28. The minimum Gasteiger partial charge on any atom is -0.495 e. The lowest BCUT2D eigenvalue weighted by atomic mass is 10.2. The Kier molecular flexibility index (Phi) is 5.68. The first kappa shape index (κ1) is 20.5. The molecule has 0 fully saturated rings. The van der Waals surface area contributed by atoms with Crippen molar-refractivity contribution in [3.63, 3.8) is 0 Å². The minimum atomic E-state index is -0.446. The summed E-state index contributed by atoms with van der Waals surface area (Å²) in [5, 5.41) is 11.4. The largest absolute Gasteiger partial charge is 0.495 e. The van der Waals surface area contributed by atoms with Crippen LogP contribution in [0.1, 0.15) is 11.1 Å². The van der Waals surface area contributed by atoms with Crippen LogP contribution in [0.15, 0.2) is 53.6 Å². The predicted molar refractivity (Wildman–Crippen MR) is 116 cm³/mol. The normalized spacial score (nSPS) is 10.9. The number of fused-ring (bicyclic) bond motifs is 1. The summed E-state index contributed by atoms with van der Waals surface area (Å²) in [5.74, 6) is 0.144. The molecule has 0 atom stereocenters. The minimum absolute atomic E-state index is 0.0948. The third-order valence-electron chi connectivity index (χ3n) is 4.68. The summed E-state index contributed by atoms with van der Waals surface area (Å²) in [5.41, 5.74) is 2.43. The lowest BCUT2D eigenvalue weighted by Gasteiger charge is -2.11. The third-order valence-corrected chi connectivity index (χ3v) is 4.93. The van der Waals surface area contributed by atoms with Gasteiger partial charge < -0.3 is 10.1 Å². The molecule has 1 N–H and O–H groups in total. The molecule has 0 aliphatic heterocycles. The second-order valence-electron chi connectivity index (χ2n) is 6.98. The molecule has 0 spiro atoms. The van der Waals surface area contributed by atoms with Gasteiger partial charge in [-0.1, -0.05) is 35.0 Å². The Hall–Kier alpha value is -3.72. The highest BCUT2D eigenvalue weighted by Crippen LogP contribution is 2.25. The first-order valence-corrected chi connectivity index (χ1v) is 9.80. The van der Waals surface area contributed by atoms with Crippen LogP contribution in [0.2, 0.25) is 5.02 Å². The van der Waals surface area contributed by atoms with Crippen LogP contribution in [0.3, 0.4) is 0 Å². The molecule has 31 heavy (non-hydrogen) atoms. The molecule has 10 heteroatoms. The number of benzene rings is 2. The van der Waals surface area contributed by atoms with E-state index in [1.54, 1.807) is 24.3 Å². The number of halogens is 1. The molecule has 158 valence electrons. The predicted octanol–water partition coefficient (Wildman–Crippen LogP) is 2.65. The molecule has 0 aliphatic carbocycles. The van der Waals surface area contributed by atoms with Gasteiger partial charge in [-0.15, -0.1) is 5.10 Å². The number of ether oxygens (including phenoxy) is 1. The van der Waals surface area contributed by atoms with Crippen molar-refractivity contribution in [2.45, 2.75) is 20.0 Å². The van der Waals surface area contributed by atoms with E-state index in [1.165, 1.54) is 22.7 Å². The second kappa shape index (κ2) is 8.57. The topological polar surface area (TPSA) is 104 Å². The molecule has 2 aromatic heterocycles. The number of amides is 1. The maximum Gasteiger partial charge on any atom is 0.283 e. The molecular formula is C21H19ClN6O3. The number of aryl methyl sites for hydroxylation is 1. The number of hydrogen-bond acceptors (Lipinski definition) is 6. The van der Waals surface area contributed by atoms with Gasteiger partial charge in [-0.3, -0.25) is 14.2 Å². The number of carbonyl (C=O) groups excluding carboxylic acids is 1. The number of hydrogen-bond donors (Lipinski definition) is 1. The highest BCUT2D eigenvalue weighted by molar-refractivity contribution is 6.30. The highest BCUT2D eigenvalue weighted by Gasteiger charge is 2.15. The van der Waals surface area contributed by atoms with Crippen LogP contribution < -0.4 is 15.6 Å². The number of anilines is 1. The van der Waals surface area contributed by atoms with Gasteiger partial charge in [0, 0.05) is 5.02 Å². The summed E-state index contributed by atoms with van der Waals surface area (Å²) in [7, 11) is 1.52. The van der Waals surface area contributed by atoms with E-state index in [2.05, 4.69) is 20.6 Å². The number of carbonyl (C=O) groups is 1. The average molecular weight is 439 g/mol. The monoisotopic (exact) mass is 438 g/mol. The summed E-state index contributed by atoms with van der Waals surface area (Å²) in [6, 6.07) is 12.7. The van der Waals surface area contributed by atoms with Crippen molar-refractivity contribution >= 4 is 34.4 Å². The van der Waals surface area contributed by atoms with E-state index in [0.717, 1.165) is 11.1 Å². The SMILES string of the molecule is COc1ccc(C)cc1NC(=O)Cn1cnc2c(nnn2Cc2ccc(Cl)cc2)c1=O. The first-order valence-electron chi connectivity index (χ1n) is 9.42. The molecule has 0 radical (unpaired) electrons. The fraction of sp³-hybridized carbons (Fsp3) is 0.190. The Balaban J connectivity index is 1.55. The Morgan fingerprint density at radius 2 is 1.97 bits per heavy atom. The number of aromatic nitrogens is 5. The van der Waals surface area contributed by atoms with Gasteiger partial charge in [0.2, 0.25) is 5.91 Å². The van der Waals surface area contributed by atoms with Crippen molar-refractivity contribution in [1.29, 1.82) is 0 Å². The molecule has 0 saturated heterocycles. The summed E-state index contributed by atoms with van der Waals surface area (Å²) in [4.78, 5) is 29.6. The van der Waals surface area contributed by atoms with Gasteiger partial charge in [-0.25, -0.2) is 9.67 Å². The zero-order valence-electron chi connectivity index (χ0n) is 16.9. The first-order chi connectivity index (χ1) is 14.9. The summed E-state index contributed by atoms with van der Waals surface area (Å²) in [6.45, 7) is 2.07. The molecule has 0 aliphatic rings. The molecule has 2 aromatic carbocycles. The van der Waals surface area contributed by atoms with Gasteiger partial charge >= 0.3 is 0 Å². The summed E-state index contributed by atoms with van der Waals surface area (Å²) >= 11 is 5.91. The zero-order chi connectivity index (χ0) is 22.0. The summed E-state index contributed by atoms with van der Waals surface area (Å²) in [6.07, 6.45) is 1.32. The van der Waals surface area contributed by atoms with E-state index in [1.807, 2.05) is 25.1 Å². The quantitative estimate of drug-likeness (QED) is 0.496. The van der Waals surface area contributed by atoms with Gasteiger partial charge in [0.25, 0.3) is 5.56 Å². The van der Waals surface area contributed by atoms with Gasteiger partial charge in [-0.2, -0.15) is 0 Å². The van der Waals surface area contributed by atoms with Crippen LogP contribution in [0.5, 0.6) is 5.75 Å². The number of nitrogens with one attached hydrogen (secondary N) is 1. The molecule has 0 saturated carbocycles. The molecule has 0 bridgehead atoms. The van der Waals surface area contributed by atoms with Crippen molar-refractivity contribution in [2.24, 2.45) is 0 Å². The van der Waals surface area contributed by atoms with E-state index in [-0.39, 0.29) is 18.0 Å². The molecule has 4 rings (SSSR count). The van der Waals surface area contributed by atoms with Crippen molar-refractivity contribution in [1.82, 2.24) is 24.5 Å². The molecule has 2 heterocycles. The summed E-state index contributed by atoms with van der Waals surface area (Å²) < 4.78 is 7.99. The average Bonchev–Trinajstić information content (AvgIpc) is 3.15. The number of nitrogens with zero attached hydrogens (tertiary/aromatic N) is 5. The molecule has 9 nitrogen and oxygen atoms in total. The van der Waals surface area contributed by atoms with Crippen molar-refractivity contribution in [3.8, 4) is 5.75 Å². The van der Waals surface area contributed by atoms with Crippen LogP contribution in [-0.4, -0.2) is 37.6 Å². The van der Waals surface area contributed by atoms with E-state index in [0.29, 0.717) is 28.7 Å². The highest BCUT2D eigenvalue weighted by atomic mass is 35.5. The Morgan fingerprint density at radius 1 is 1.19 bits per heavy atom. The number of rotatable bonds is 6.